The van der Waals surface area contributed by atoms with Gasteiger partial charge < -0.3 is 24.1 Å². The van der Waals surface area contributed by atoms with Crippen LogP contribution in [0, 0.1) is 0 Å². The first-order valence-electron chi connectivity index (χ1n) is 14.0. The van der Waals surface area contributed by atoms with Crippen molar-refractivity contribution in [3.05, 3.63) is 78.6 Å². The molecule has 1 atom stereocenters. The Morgan fingerprint density at radius 1 is 1.02 bits per heavy atom. The van der Waals surface area contributed by atoms with Gasteiger partial charge in [-0.25, -0.2) is 23.0 Å². The van der Waals surface area contributed by atoms with Gasteiger partial charge in [0.1, 0.15) is 11.6 Å². The summed E-state index contributed by atoms with van der Waals surface area (Å²) in [6, 6.07) is 16.3. The van der Waals surface area contributed by atoms with Gasteiger partial charge in [-0.2, -0.15) is 18.2 Å². The zero-order valence-electron chi connectivity index (χ0n) is 25.1. The first kappa shape index (κ1) is 34.2. The average molecular weight is 664 g/mol. The highest BCUT2D eigenvalue weighted by molar-refractivity contribution is 7.92. The van der Waals surface area contributed by atoms with Crippen molar-refractivity contribution in [1.82, 2.24) is 19.9 Å². The predicted molar refractivity (Wildman–Crippen MR) is 160 cm³/mol. The lowest BCUT2D eigenvalue weighted by Crippen LogP contribution is -2.43. The number of benzene rings is 2. The molecule has 0 amide bonds. The third-order valence-corrected chi connectivity index (χ3v) is 8.07. The molecule has 0 saturated heterocycles. The molecule has 0 radical (unpaired) electrons. The van der Waals surface area contributed by atoms with E-state index >= 15 is 0 Å². The van der Waals surface area contributed by atoms with E-state index < -0.39 is 40.0 Å². The van der Waals surface area contributed by atoms with Crippen molar-refractivity contribution in [1.29, 1.82) is 0 Å². The van der Waals surface area contributed by atoms with E-state index in [1.54, 1.807) is 42.1 Å². The number of rotatable bonds is 13. The molecule has 0 bridgehead atoms. The van der Waals surface area contributed by atoms with Gasteiger partial charge in [-0.05, 0) is 63.1 Å². The second kappa shape index (κ2) is 14.2. The fourth-order valence-electron chi connectivity index (χ4n) is 4.27. The Morgan fingerprint density at radius 3 is 2.46 bits per heavy atom. The number of hydrogen-bond donors (Lipinski definition) is 2. The number of carbonyl (C=O) groups excluding carboxylic acids is 2. The maximum absolute atomic E-state index is 13.2. The molecule has 16 heteroatoms. The monoisotopic (exact) mass is 663 g/mol. The summed E-state index contributed by atoms with van der Waals surface area (Å²) in [4.78, 5) is 32.2. The van der Waals surface area contributed by atoms with E-state index in [0.717, 1.165) is 0 Å². The van der Waals surface area contributed by atoms with Crippen molar-refractivity contribution < 1.29 is 45.4 Å². The van der Waals surface area contributed by atoms with Crippen LogP contribution in [-0.2, 0) is 30.8 Å². The van der Waals surface area contributed by atoms with Crippen LogP contribution < -0.4 is 14.8 Å². The van der Waals surface area contributed by atoms with Gasteiger partial charge >= 0.3 is 18.3 Å². The van der Waals surface area contributed by atoms with Crippen LogP contribution in [0.5, 0.6) is 5.88 Å². The number of pyridine rings is 1. The van der Waals surface area contributed by atoms with E-state index in [2.05, 4.69) is 20.0 Å². The smallest absolute Gasteiger partial charge is 0.449 e. The molecular formula is C30H32F3N5O7S. The standard InChI is InChI=1S/C30H32F3N5O7S/c1-4-43-28(40)45-25-14-13-23-26(36-25)38(19-34-23)16-15-29(2,3)35-18-24(44-27(39)30(31,32)33)20-9-8-10-21(17-20)37-46(41,42)22-11-6-5-7-12-22/h5-14,17,19,24,35,37H,4,15-16,18H2,1-3H3. The molecule has 2 N–H and O–H groups in total. The summed E-state index contributed by atoms with van der Waals surface area (Å²) in [5, 5.41) is 3.15. The number of imidazole rings is 1. The maximum Gasteiger partial charge on any atom is 0.515 e. The van der Waals surface area contributed by atoms with Gasteiger partial charge in [-0.15, -0.1) is 0 Å². The molecule has 46 heavy (non-hydrogen) atoms. The van der Waals surface area contributed by atoms with E-state index in [1.807, 2.05) is 13.8 Å². The lowest BCUT2D eigenvalue weighted by Gasteiger charge is -2.29. The van der Waals surface area contributed by atoms with Gasteiger partial charge in [0, 0.05) is 30.4 Å². The second-order valence-corrected chi connectivity index (χ2v) is 12.3. The summed E-state index contributed by atoms with van der Waals surface area (Å²) in [5.74, 6) is -2.36. The minimum atomic E-state index is -5.24. The molecule has 0 aliphatic rings. The summed E-state index contributed by atoms with van der Waals surface area (Å²) < 4.78 is 84.0. The molecule has 0 saturated carbocycles. The summed E-state index contributed by atoms with van der Waals surface area (Å²) in [7, 11) is -3.99. The van der Waals surface area contributed by atoms with Crippen molar-refractivity contribution in [3.8, 4) is 5.88 Å². The molecule has 0 spiro atoms. The third-order valence-electron chi connectivity index (χ3n) is 6.68. The van der Waals surface area contributed by atoms with Gasteiger partial charge in [-0.3, -0.25) is 4.72 Å². The Balaban J connectivity index is 1.48. The molecule has 2 aromatic carbocycles. The quantitative estimate of drug-likeness (QED) is 0.179. The molecule has 1 unspecified atom stereocenters. The van der Waals surface area contributed by atoms with E-state index in [9.17, 15) is 31.2 Å². The summed E-state index contributed by atoms with van der Waals surface area (Å²) >= 11 is 0. The lowest BCUT2D eigenvalue weighted by atomic mass is 9.99. The Morgan fingerprint density at radius 2 is 1.76 bits per heavy atom. The van der Waals surface area contributed by atoms with Crippen LogP contribution in [-0.4, -0.2) is 59.9 Å². The normalized spacial score (nSPS) is 12.8. The summed E-state index contributed by atoms with van der Waals surface area (Å²) in [6.07, 6.45) is -5.60. The van der Waals surface area contributed by atoms with E-state index in [4.69, 9.17) is 14.2 Å². The Hall–Kier alpha value is -4.70. The number of fused-ring (bicyclic) bond motifs is 1. The van der Waals surface area contributed by atoms with Crippen LogP contribution in [0.1, 0.15) is 38.9 Å². The molecule has 12 nitrogen and oxygen atoms in total. The van der Waals surface area contributed by atoms with E-state index in [-0.39, 0.29) is 35.2 Å². The molecule has 0 aliphatic heterocycles. The SMILES string of the molecule is CCOC(=O)Oc1ccc2ncn(CCC(C)(C)NCC(OC(=O)C(F)(F)F)c3cccc(NS(=O)(=O)c4ccccc4)c3)c2n1. The minimum Gasteiger partial charge on any atom is -0.449 e. The Kier molecular flexibility index (Phi) is 10.5. The molecule has 246 valence electrons. The first-order chi connectivity index (χ1) is 21.7. The highest BCUT2D eigenvalue weighted by atomic mass is 32.2. The number of halogens is 3. The number of sulfonamides is 1. The van der Waals surface area contributed by atoms with Crippen LogP contribution in [0.2, 0.25) is 0 Å². The van der Waals surface area contributed by atoms with Gasteiger partial charge in [0.15, 0.2) is 5.65 Å². The van der Waals surface area contributed by atoms with Crippen LogP contribution in [0.3, 0.4) is 0 Å². The van der Waals surface area contributed by atoms with Crippen LogP contribution >= 0.6 is 0 Å². The van der Waals surface area contributed by atoms with Crippen LogP contribution in [0.4, 0.5) is 23.7 Å². The molecule has 0 fully saturated rings. The minimum absolute atomic E-state index is 0.00696. The van der Waals surface area contributed by atoms with E-state index in [1.165, 1.54) is 42.5 Å². The number of aromatic nitrogens is 3. The molecule has 4 aromatic rings. The molecule has 0 aliphatic carbocycles. The number of hydrogen-bond acceptors (Lipinski definition) is 10. The Bertz CT molecular complexity index is 1780. The molecular weight excluding hydrogens is 631 g/mol. The summed E-state index contributed by atoms with van der Waals surface area (Å²) in [6.45, 7) is 5.51. The number of alkyl halides is 3. The lowest BCUT2D eigenvalue weighted by molar-refractivity contribution is -0.205. The molecule has 4 rings (SSSR count). The second-order valence-electron chi connectivity index (χ2n) is 10.7. The van der Waals surface area contributed by atoms with Gasteiger partial charge in [0.05, 0.1) is 17.8 Å². The van der Waals surface area contributed by atoms with Crippen molar-refractivity contribution in [3.63, 3.8) is 0 Å². The fourth-order valence-corrected chi connectivity index (χ4v) is 5.34. The van der Waals surface area contributed by atoms with Gasteiger partial charge in [0.25, 0.3) is 10.0 Å². The highest BCUT2D eigenvalue weighted by Gasteiger charge is 2.42. The van der Waals surface area contributed by atoms with Gasteiger partial charge in [-0.1, -0.05) is 30.3 Å². The van der Waals surface area contributed by atoms with Crippen molar-refractivity contribution in [2.75, 3.05) is 17.9 Å². The van der Waals surface area contributed by atoms with Crippen LogP contribution in [0.25, 0.3) is 11.2 Å². The molecule has 2 heterocycles. The topological polar surface area (TPSA) is 151 Å². The third kappa shape index (κ3) is 9.17. The number of nitrogens with zero attached hydrogens (tertiary/aromatic N) is 3. The average Bonchev–Trinajstić information content (AvgIpc) is 3.40. The van der Waals surface area contributed by atoms with E-state index in [0.29, 0.717) is 24.1 Å². The summed E-state index contributed by atoms with van der Waals surface area (Å²) in [5.41, 5.74) is 0.464. The number of anilines is 1. The van der Waals surface area contributed by atoms with Crippen molar-refractivity contribution >= 4 is 39.0 Å². The largest absolute Gasteiger partial charge is 0.515 e. The number of aryl methyl sites for hydroxylation is 1. The Labute approximate surface area is 262 Å². The predicted octanol–water partition coefficient (Wildman–Crippen LogP) is 5.37. The number of ether oxygens (including phenoxy) is 3. The number of carbonyl (C=O) groups is 2. The van der Waals surface area contributed by atoms with Crippen molar-refractivity contribution in [2.24, 2.45) is 0 Å². The maximum atomic E-state index is 13.2. The fraction of sp³-hybridized carbons (Fsp3) is 0.333. The van der Waals surface area contributed by atoms with Gasteiger partial charge in [0.2, 0.25) is 5.88 Å². The van der Waals surface area contributed by atoms with Crippen LogP contribution in [0.15, 0.2) is 78.0 Å². The van der Waals surface area contributed by atoms with Crippen molar-refractivity contribution in [2.45, 2.75) is 56.5 Å². The zero-order chi connectivity index (χ0) is 33.5. The molecule has 2 aromatic heterocycles. The highest BCUT2D eigenvalue weighted by Crippen LogP contribution is 2.27. The first-order valence-corrected chi connectivity index (χ1v) is 15.5. The zero-order valence-corrected chi connectivity index (χ0v) is 25.9. The number of esters is 1. The number of nitrogens with one attached hydrogen (secondary N) is 2.